The van der Waals surface area contributed by atoms with E-state index < -0.39 is 5.92 Å². The number of H-pyrrole nitrogens is 1. The van der Waals surface area contributed by atoms with Gasteiger partial charge in [-0.2, -0.15) is 0 Å². The number of carbonyl (C=O) groups excluding carboxylic acids is 1. The molecule has 2 aromatic carbocycles. The average Bonchev–Trinajstić information content (AvgIpc) is 3.04. The first-order valence-electron chi connectivity index (χ1n) is 9.32. The third-order valence-corrected chi connectivity index (χ3v) is 5.71. The van der Waals surface area contributed by atoms with Crippen molar-refractivity contribution in [2.45, 2.75) is 25.2 Å². The van der Waals surface area contributed by atoms with Gasteiger partial charge < -0.3 is 5.32 Å². The molecule has 140 valence electrons. The lowest BCUT2D eigenvalue weighted by Crippen LogP contribution is -2.29. The molecule has 0 amide bonds. The number of para-hydroxylation sites is 1. The molecule has 6 heteroatoms. The molecule has 0 saturated heterocycles. The summed E-state index contributed by atoms with van der Waals surface area (Å²) in [7, 11) is 0. The zero-order chi connectivity index (χ0) is 19.3. The van der Waals surface area contributed by atoms with Crippen molar-refractivity contribution in [2.75, 3.05) is 5.32 Å². The molecule has 0 unspecified atom stereocenters. The number of aromatic amines is 1. The Balaban J connectivity index is 1.75. The number of hydrogen-bond acceptors (Lipinski definition) is 3. The van der Waals surface area contributed by atoms with Gasteiger partial charge in [0.05, 0.1) is 11.3 Å². The van der Waals surface area contributed by atoms with Gasteiger partial charge in [0.2, 0.25) is 0 Å². The van der Waals surface area contributed by atoms with Gasteiger partial charge in [-0.25, -0.2) is 4.68 Å². The Kier molecular flexibility index (Phi) is 3.98. The zero-order valence-electron chi connectivity index (χ0n) is 15.0. The minimum Gasteiger partial charge on any atom is -0.343 e. The fourth-order valence-corrected chi connectivity index (χ4v) is 4.31. The van der Waals surface area contributed by atoms with E-state index in [-0.39, 0.29) is 11.3 Å². The smallest absolute Gasteiger partial charge is 0.277 e. The molecule has 0 radical (unpaired) electrons. The van der Waals surface area contributed by atoms with Gasteiger partial charge in [-0.15, -0.1) is 0 Å². The van der Waals surface area contributed by atoms with E-state index in [1.807, 2.05) is 42.5 Å². The summed E-state index contributed by atoms with van der Waals surface area (Å²) in [6.07, 6.45) is 2.12. The second-order valence-corrected chi connectivity index (χ2v) is 7.59. The van der Waals surface area contributed by atoms with Crippen LogP contribution in [-0.2, 0) is 4.79 Å². The van der Waals surface area contributed by atoms with Gasteiger partial charge in [0.1, 0.15) is 5.82 Å². The molecular formula is C22H18ClN3O2. The van der Waals surface area contributed by atoms with Gasteiger partial charge >= 0.3 is 0 Å². The predicted octanol–water partition coefficient (Wildman–Crippen LogP) is 4.38. The van der Waals surface area contributed by atoms with E-state index in [4.69, 9.17) is 11.6 Å². The van der Waals surface area contributed by atoms with Crippen LogP contribution in [0.5, 0.6) is 0 Å². The Morgan fingerprint density at radius 1 is 0.964 bits per heavy atom. The molecular weight excluding hydrogens is 374 g/mol. The molecule has 5 nitrogen and oxygen atoms in total. The maximum Gasteiger partial charge on any atom is 0.277 e. The number of Topliss-reactive ketones (excluding diaryl/α,β-unsaturated/α-hetero) is 1. The summed E-state index contributed by atoms with van der Waals surface area (Å²) in [5.74, 6) is 0.360. The maximum absolute atomic E-state index is 13.4. The molecule has 5 rings (SSSR count). The molecule has 2 aliphatic rings. The minimum absolute atomic E-state index is 0.103. The first kappa shape index (κ1) is 17.1. The third kappa shape index (κ3) is 2.62. The summed E-state index contributed by atoms with van der Waals surface area (Å²) in [5, 5.41) is 7.15. The van der Waals surface area contributed by atoms with Crippen LogP contribution in [0.4, 0.5) is 5.82 Å². The number of rotatable bonds is 2. The summed E-state index contributed by atoms with van der Waals surface area (Å²) in [6.45, 7) is 0. The fraction of sp³-hybridized carbons (Fsp3) is 0.182. The molecule has 1 aliphatic carbocycles. The number of ketones is 1. The third-order valence-electron chi connectivity index (χ3n) is 5.45. The molecule has 0 spiro atoms. The number of fused-ring (bicyclic) bond motifs is 1. The van der Waals surface area contributed by atoms with E-state index in [2.05, 4.69) is 10.4 Å². The van der Waals surface area contributed by atoms with Crippen molar-refractivity contribution in [1.29, 1.82) is 0 Å². The number of anilines is 1. The van der Waals surface area contributed by atoms with E-state index in [1.165, 1.54) is 4.68 Å². The van der Waals surface area contributed by atoms with Gasteiger partial charge in [0.25, 0.3) is 5.56 Å². The van der Waals surface area contributed by atoms with Gasteiger partial charge in [0.15, 0.2) is 5.78 Å². The van der Waals surface area contributed by atoms with Crippen LogP contribution in [0.25, 0.3) is 5.69 Å². The maximum atomic E-state index is 13.4. The lowest BCUT2D eigenvalue weighted by atomic mass is 9.77. The van der Waals surface area contributed by atoms with E-state index in [0.717, 1.165) is 29.8 Å². The van der Waals surface area contributed by atoms with Crippen LogP contribution < -0.4 is 10.9 Å². The van der Waals surface area contributed by atoms with E-state index >= 15 is 0 Å². The predicted molar refractivity (Wildman–Crippen MR) is 109 cm³/mol. The monoisotopic (exact) mass is 391 g/mol. The second kappa shape index (κ2) is 6.53. The molecule has 0 saturated carbocycles. The van der Waals surface area contributed by atoms with Crippen LogP contribution in [0.1, 0.15) is 36.3 Å². The number of benzene rings is 2. The number of hydrogen-bond donors (Lipinski definition) is 2. The highest BCUT2D eigenvalue weighted by atomic mass is 35.5. The molecule has 1 aliphatic heterocycles. The highest BCUT2D eigenvalue weighted by molar-refractivity contribution is 6.30. The SMILES string of the molecule is O=C1CCCC2=C1[C@H](c1ccc(Cl)cc1)c1c([nH]n(-c3ccccc3)c1=O)N2. The minimum atomic E-state index is -0.398. The van der Waals surface area contributed by atoms with Crippen LogP contribution in [0.2, 0.25) is 5.02 Å². The number of aromatic nitrogens is 2. The van der Waals surface area contributed by atoms with Crippen molar-refractivity contribution < 1.29 is 4.79 Å². The lowest BCUT2D eigenvalue weighted by Gasteiger charge is -2.31. The number of carbonyl (C=O) groups is 1. The van der Waals surface area contributed by atoms with Gasteiger partial charge in [-0.1, -0.05) is 41.9 Å². The van der Waals surface area contributed by atoms with Crippen LogP contribution in [-0.4, -0.2) is 15.6 Å². The lowest BCUT2D eigenvalue weighted by molar-refractivity contribution is -0.116. The molecule has 2 N–H and O–H groups in total. The molecule has 0 fully saturated rings. The highest BCUT2D eigenvalue weighted by Crippen LogP contribution is 2.43. The van der Waals surface area contributed by atoms with Crippen molar-refractivity contribution in [3.8, 4) is 5.69 Å². The Morgan fingerprint density at radius 3 is 2.46 bits per heavy atom. The largest absolute Gasteiger partial charge is 0.343 e. The topological polar surface area (TPSA) is 66.9 Å². The van der Waals surface area contributed by atoms with Crippen LogP contribution in [0.3, 0.4) is 0 Å². The van der Waals surface area contributed by atoms with Crippen LogP contribution in [0.15, 0.2) is 70.7 Å². The summed E-state index contributed by atoms with van der Waals surface area (Å²) in [5.41, 5.74) is 3.68. The number of nitrogens with zero attached hydrogens (tertiary/aromatic N) is 1. The molecule has 3 aromatic rings. The normalized spacial score (nSPS) is 18.5. The van der Waals surface area contributed by atoms with Crippen molar-refractivity contribution in [3.05, 3.63) is 92.4 Å². The van der Waals surface area contributed by atoms with Gasteiger partial charge in [-0.05, 0) is 42.7 Å². The van der Waals surface area contributed by atoms with Crippen LogP contribution >= 0.6 is 11.6 Å². The second-order valence-electron chi connectivity index (χ2n) is 7.16. The van der Waals surface area contributed by atoms with E-state index in [9.17, 15) is 9.59 Å². The Hall–Kier alpha value is -3.05. The zero-order valence-corrected chi connectivity index (χ0v) is 15.8. The number of halogens is 1. The molecule has 28 heavy (non-hydrogen) atoms. The van der Waals surface area contributed by atoms with Gasteiger partial charge in [-0.3, -0.25) is 14.7 Å². The molecule has 2 heterocycles. The average molecular weight is 392 g/mol. The first-order chi connectivity index (χ1) is 13.6. The highest BCUT2D eigenvalue weighted by Gasteiger charge is 2.38. The number of allylic oxidation sites excluding steroid dienone is 2. The summed E-state index contributed by atoms with van der Waals surface area (Å²) < 4.78 is 1.53. The van der Waals surface area contributed by atoms with Crippen LogP contribution in [0, 0.1) is 0 Å². The Bertz CT molecular complexity index is 1160. The molecule has 1 atom stereocenters. The van der Waals surface area contributed by atoms with Crippen molar-refractivity contribution in [2.24, 2.45) is 0 Å². The van der Waals surface area contributed by atoms with E-state index in [1.54, 1.807) is 12.1 Å². The standard InChI is InChI=1S/C22H18ClN3O2/c23-14-11-9-13(10-12-14)18-19-16(7-4-8-17(19)27)24-21-20(18)22(28)26(25-21)15-5-2-1-3-6-15/h1-3,5-6,9-12,18,24-25H,4,7-8H2/t18-/m0/s1. The van der Waals surface area contributed by atoms with E-state index in [0.29, 0.717) is 28.4 Å². The first-order valence-corrected chi connectivity index (χ1v) is 9.70. The summed E-state index contributed by atoms with van der Waals surface area (Å²) in [4.78, 5) is 26.2. The van der Waals surface area contributed by atoms with Crippen molar-refractivity contribution >= 4 is 23.2 Å². The molecule has 0 bridgehead atoms. The molecule has 1 aromatic heterocycles. The van der Waals surface area contributed by atoms with Crippen molar-refractivity contribution in [1.82, 2.24) is 9.78 Å². The Morgan fingerprint density at radius 2 is 1.71 bits per heavy atom. The summed E-state index contributed by atoms with van der Waals surface area (Å²) >= 11 is 6.07. The Labute approximate surface area is 166 Å². The summed E-state index contributed by atoms with van der Waals surface area (Å²) in [6, 6.07) is 16.8. The number of nitrogens with one attached hydrogen (secondary N) is 2. The quantitative estimate of drug-likeness (QED) is 0.681. The van der Waals surface area contributed by atoms with Crippen molar-refractivity contribution in [3.63, 3.8) is 0 Å². The fourth-order valence-electron chi connectivity index (χ4n) is 4.18. The van der Waals surface area contributed by atoms with Gasteiger partial charge in [0, 0.05) is 28.6 Å².